The highest BCUT2D eigenvalue weighted by molar-refractivity contribution is 5.91. The Morgan fingerprint density at radius 1 is 0.727 bits per heavy atom. The third-order valence-electron chi connectivity index (χ3n) is 5.62. The molecule has 0 bridgehead atoms. The van der Waals surface area contributed by atoms with Crippen LogP contribution in [0.2, 0.25) is 0 Å². The molecule has 33 heavy (non-hydrogen) atoms. The van der Waals surface area contributed by atoms with Crippen molar-refractivity contribution < 1.29 is 19.0 Å². The van der Waals surface area contributed by atoms with Gasteiger partial charge in [-0.05, 0) is 68.1 Å². The van der Waals surface area contributed by atoms with Crippen LogP contribution in [-0.4, -0.2) is 25.3 Å². The number of carbonyl (C=O) groups excluding carboxylic acids is 1. The van der Waals surface area contributed by atoms with Gasteiger partial charge in [-0.2, -0.15) is 0 Å². The molecule has 2 rings (SSSR count). The zero-order valence-corrected chi connectivity index (χ0v) is 20.8. The van der Waals surface area contributed by atoms with Gasteiger partial charge in [0.15, 0.2) is 0 Å². The average Bonchev–Trinajstić information content (AvgIpc) is 2.83. The van der Waals surface area contributed by atoms with E-state index in [0.29, 0.717) is 17.9 Å². The molecular formula is C29H42O4. The molecule has 0 amide bonds. The summed E-state index contributed by atoms with van der Waals surface area (Å²) in [5, 5.41) is 0. The van der Waals surface area contributed by atoms with Gasteiger partial charge in [-0.15, -0.1) is 0 Å². The van der Waals surface area contributed by atoms with Gasteiger partial charge in [-0.25, -0.2) is 4.79 Å². The molecule has 0 N–H and O–H groups in total. The van der Waals surface area contributed by atoms with Crippen LogP contribution in [0.5, 0.6) is 11.5 Å². The molecule has 0 saturated carbocycles. The normalized spacial score (nSPS) is 11.8. The maximum absolute atomic E-state index is 12.4. The van der Waals surface area contributed by atoms with Crippen molar-refractivity contribution in [1.29, 1.82) is 0 Å². The highest BCUT2D eigenvalue weighted by Gasteiger charge is 2.10. The lowest BCUT2D eigenvalue weighted by Gasteiger charge is -2.12. The molecule has 0 aliphatic rings. The molecular weight excluding hydrogens is 412 g/mol. The second kappa shape index (κ2) is 16.3. The topological polar surface area (TPSA) is 44.8 Å². The van der Waals surface area contributed by atoms with Crippen LogP contribution in [0.4, 0.5) is 0 Å². The lowest BCUT2D eigenvalue weighted by Crippen LogP contribution is -2.12. The summed E-state index contributed by atoms with van der Waals surface area (Å²) in [7, 11) is 0. The summed E-state index contributed by atoms with van der Waals surface area (Å²) in [5.74, 6) is 0.969. The summed E-state index contributed by atoms with van der Waals surface area (Å²) in [4.78, 5) is 12.4. The molecule has 2 aromatic rings. The Morgan fingerprint density at radius 2 is 1.33 bits per heavy atom. The van der Waals surface area contributed by atoms with Crippen molar-refractivity contribution in [2.75, 3.05) is 13.2 Å². The van der Waals surface area contributed by atoms with Crippen LogP contribution in [0.25, 0.3) is 0 Å². The molecule has 1 atom stereocenters. The largest absolute Gasteiger partial charge is 0.494 e. The molecule has 1 unspecified atom stereocenters. The number of esters is 1. The van der Waals surface area contributed by atoms with Gasteiger partial charge in [-0.3, -0.25) is 0 Å². The SMILES string of the molecule is CCCCCCCCCCOc1ccc(C(=O)Oc2ccc(CC(C)OCCC)cc2)cc1. The number of hydrogen-bond acceptors (Lipinski definition) is 4. The molecule has 0 aliphatic heterocycles. The maximum Gasteiger partial charge on any atom is 0.343 e. The van der Waals surface area contributed by atoms with Gasteiger partial charge in [0, 0.05) is 6.61 Å². The Bertz CT molecular complexity index is 767. The van der Waals surface area contributed by atoms with Gasteiger partial charge in [-0.1, -0.05) is 70.9 Å². The van der Waals surface area contributed by atoms with Gasteiger partial charge in [0.1, 0.15) is 11.5 Å². The molecule has 0 fully saturated rings. The summed E-state index contributed by atoms with van der Waals surface area (Å²) in [6.07, 6.45) is 12.3. The van der Waals surface area contributed by atoms with Crippen LogP contribution in [0.15, 0.2) is 48.5 Å². The minimum absolute atomic E-state index is 0.176. The quantitative estimate of drug-likeness (QED) is 0.139. The molecule has 0 radical (unpaired) electrons. The van der Waals surface area contributed by atoms with Gasteiger partial charge in [0.05, 0.1) is 18.3 Å². The monoisotopic (exact) mass is 454 g/mol. The van der Waals surface area contributed by atoms with E-state index in [9.17, 15) is 4.79 Å². The molecule has 0 saturated heterocycles. The summed E-state index contributed by atoms with van der Waals surface area (Å²) in [6, 6.07) is 14.8. The molecule has 4 heteroatoms. The number of ether oxygens (including phenoxy) is 3. The lowest BCUT2D eigenvalue weighted by molar-refractivity contribution is 0.0668. The lowest BCUT2D eigenvalue weighted by atomic mass is 10.1. The van der Waals surface area contributed by atoms with Crippen LogP contribution in [0.1, 0.15) is 94.5 Å². The van der Waals surface area contributed by atoms with E-state index in [4.69, 9.17) is 14.2 Å². The van der Waals surface area contributed by atoms with Gasteiger partial charge in [0.25, 0.3) is 0 Å². The van der Waals surface area contributed by atoms with Crippen molar-refractivity contribution in [3.8, 4) is 11.5 Å². The molecule has 182 valence electrons. The first-order valence-electron chi connectivity index (χ1n) is 12.8. The van der Waals surface area contributed by atoms with Crippen molar-refractivity contribution in [2.24, 2.45) is 0 Å². The fraction of sp³-hybridized carbons (Fsp3) is 0.552. The second-order valence-corrected chi connectivity index (χ2v) is 8.77. The van der Waals surface area contributed by atoms with Gasteiger partial charge >= 0.3 is 5.97 Å². The van der Waals surface area contributed by atoms with Crippen LogP contribution >= 0.6 is 0 Å². The van der Waals surface area contributed by atoms with E-state index in [2.05, 4.69) is 20.8 Å². The van der Waals surface area contributed by atoms with Crippen LogP contribution in [-0.2, 0) is 11.2 Å². The van der Waals surface area contributed by atoms with Crippen molar-refractivity contribution in [3.63, 3.8) is 0 Å². The number of unbranched alkanes of at least 4 members (excludes halogenated alkanes) is 7. The van der Waals surface area contributed by atoms with Gasteiger partial charge in [0.2, 0.25) is 0 Å². The van der Waals surface area contributed by atoms with Crippen molar-refractivity contribution in [1.82, 2.24) is 0 Å². The fourth-order valence-electron chi connectivity index (χ4n) is 3.68. The van der Waals surface area contributed by atoms with E-state index in [1.807, 2.05) is 36.4 Å². The Balaban J connectivity index is 1.68. The first-order valence-corrected chi connectivity index (χ1v) is 12.8. The Kier molecular flexibility index (Phi) is 13.3. The zero-order valence-electron chi connectivity index (χ0n) is 20.8. The highest BCUT2D eigenvalue weighted by atomic mass is 16.5. The van der Waals surface area contributed by atoms with E-state index in [1.54, 1.807) is 12.1 Å². The third kappa shape index (κ3) is 11.4. The highest BCUT2D eigenvalue weighted by Crippen LogP contribution is 2.18. The maximum atomic E-state index is 12.4. The summed E-state index contributed by atoms with van der Waals surface area (Å²) in [6.45, 7) is 7.92. The molecule has 0 heterocycles. The van der Waals surface area contributed by atoms with Crippen LogP contribution in [0, 0.1) is 0 Å². The number of carbonyl (C=O) groups is 1. The minimum Gasteiger partial charge on any atom is -0.494 e. The number of benzene rings is 2. The van der Waals surface area contributed by atoms with E-state index in [1.165, 1.54) is 44.9 Å². The van der Waals surface area contributed by atoms with E-state index < -0.39 is 0 Å². The van der Waals surface area contributed by atoms with E-state index >= 15 is 0 Å². The van der Waals surface area contributed by atoms with Crippen LogP contribution in [0.3, 0.4) is 0 Å². The minimum atomic E-state index is -0.364. The zero-order chi connectivity index (χ0) is 23.7. The van der Waals surface area contributed by atoms with Crippen molar-refractivity contribution in [3.05, 3.63) is 59.7 Å². The Labute approximate surface area is 200 Å². The van der Waals surface area contributed by atoms with Gasteiger partial charge < -0.3 is 14.2 Å². The molecule has 4 nitrogen and oxygen atoms in total. The number of rotatable bonds is 17. The Morgan fingerprint density at radius 3 is 1.97 bits per heavy atom. The molecule has 0 aromatic heterocycles. The first kappa shape index (κ1) is 26.9. The fourth-order valence-corrected chi connectivity index (χ4v) is 3.68. The summed E-state index contributed by atoms with van der Waals surface area (Å²) < 4.78 is 17.0. The smallest absolute Gasteiger partial charge is 0.343 e. The molecule has 0 aliphatic carbocycles. The third-order valence-corrected chi connectivity index (χ3v) is 5.62. The number of hydrogen-bond donors (Lipinski definition) is 0. The molecule has 0 spiro atoms. The van der Waals surface area contributed by atoms with E-state index in [0.717, 1.165) is 37.2 Å². The predicted octanol–water partition coefficient (Wildman–Crippen LogP) is 7.78. The Hall–Kier alpha value is -2.33. The van der Waals surface area contributed by atoms with Crippen molar-refractivity contribution in [2.45, 2.75) is 91.1 Å². The average molecular weight is 455 g/mol. The molecule has 2 aromatic carbocycles. The second-order valence-electron chi connectivity index (χ2n) is 8.77. The first-order chi connectivity index (χ1) is 16.1. The van der Waals surface area contributed by atoms with Crippen molar-refractivity contribution >= 4 is 5.97 Å². The van der Waals surface area contributed by atoms with Crippen LogP contribution < -0.4 is 9.47 Å². The predicted molar refractivity (Wildman–Crippen MR) is 135 cm³/mol. The summed E-state index contributed by atoms with van der Waals surface area (Å²) in [5.41, 5.74) is 1.68. The van der Waals surface area contributed by atoms with E-state index in [-0.39, 0.29) is 12.1 Å². The summed E-state index contributed by atoms with van der Waals surface area (Å²) >= 11 is 0. The standard InChI is InChI=1S/C29H42O4/c1-4-6-7-8-9-10-11-12-22-32-27-19-15-26(16-20-27)29(30)33-28-17-13-25(14-18-28)23-24(3)31-21-5-2/h13-20,24H,4-12,21-23H2,1-3H3.